The topological polar surface area (TPSA) is 84.0 Å². The number of hydrogen-bond acceptors (Lipinski definition) is 4. The third-order valence-electron chi connectivity index (χ3n) is 4.96. The highest BCUT2D eigenvalue weighted by Crippen LogP contribution is 2.24. The Balaban J connectivity index is 1.68. The molecule has 2 atom stereocenters. The van der Waals surface area contributed by atoms with Gasteiger partial charge in [-0.05, 0) is 51.7 Å². The number of carbonyl (C=O) groups is 1. The molecule has 0 saturated heterocycles. The highest BCUT2D eigenvalue weighted by molar-refractivity contribution is 5.81. The molecule has 1 aliphatic rings. The Morgan fingerprint density at radius 3 is 2.79 bits per heavy atom. The van der Waals surface area contributed by atoms with Gasteiger partial charge in [0.05, 0.1) is 13.7 Å². The van der Waals surface area contributed by atoms with Crippen LogP contribution in [-0.4, -0.2) is 51.3 Å². The summed E-state index contributed by atoms with van der Waals surface area (Å²) in [7, 11) is 3.42. The fourth-order valence-corrected chi connectivity index (χ4v) is 3.51. The normalized spacial score (nSPS) is 19.6. The quantitative estimate of drug-likeness (QED) is 0.335. The maximum absolute atomic E-state index is 12.3. The number of hydrogen-bond donors (Lipinski definition) is 3. The number of amides is 1. The summed E-state index contributed by atoms with van der Waals surface area (Å²) in [5, 5.41) is 9.84. The standard InChI is InChI=1S/C22H36N4O3/c1-16(2)25-21(27)17-8-5-9-18(14-17)26-22(23-3)24-12-7-13-29-20-11-6-10-19(15-20)28-4/h6,10-11,15-18H,5,7-9,12-14H2,1-4H3,(H,25,27)(H2,23,24,26). The molecule has 1 aliphatic carbocycles. The van der Waals surface area contributed by atoms with Crippen LogP contribution in [0.1, 0.15) is 46.0 Å². The van der Waals surface area contributed by atoms with Crippen molar-refractivity contribution in [2.75, 3.05) is 27.3 Å². The second kappa shape index (κ2) is 12.2. The first-order valence-electron chi connectivity index (χ1n) is 10.6. The predicted molar refractivity (Wildman–Crippen MR) is 117 cm³/mol. The Bertz CT molecular complexity index is 663. The predicted octanol–water partition coefficient (Wildman–Crippen LogP) is 2.71. The van der Waals surface area contributed by atoms with Crippen LogP contribution in [-0.2, 0) is 4.79 Å². The van der Waals surface area contributed by atoms with Crippen LogP contribution in [0, 0.1) is 5.92 Å². The molecule has 1 aromatic carbocycles. The Hall–Kier alpha value is -2.44. The molecule has 1 amide bonds. The third kappa shape index (κ3) is 8.21. The molecule has 29 heavy (non-hydrogen) atoms. The minimum Gasteiger partial charge on any atom is -0.497 e. The Labute approximate surface area is 174 Å². The average molecular weight is 405 g/mol. The van der Waals surface area contributed by atoms with Gasteiger partial charge in [-0.2, -0.15) is 0 Å². The van der Waals surface area contributed by atoms with E-state index in [0.717, 1.165) is 56.1 Å². The second-order valence-corrected chi connectivity index (χ2v) is 7.75. The van der Waals surface area contributed by atoms with E-state index in [1.807, 2.05) is 38.1 Å². The van der Waals surface area contributed by atoms with Crippen LogP contribution >= 0.6 is 0 Å². The number of ether oxygens (including phenoxy) is 2. The maximum Gasteiger partial charge on any atom is 0.223 e. The SMILES string of the molecule is CN=C(NCCCOc1cccc(OC)c1)NC1CCCC(C(=O)NC(C)C)C1. The van der Waals surface area contributed by atoms with E-state index in [2.05, 4.69) is 20.9 Å². The van der Waals surface area contributed by atoms with Crippen LogP contribution in [0.2, 0.25) is 0 Å². The molecule has 162 valence electrons. The average Bonchev–Trinajstić information content (AvgIpc) is 2.72. The van der Waals surface area contributed by atoms with Gasteiger partial charge < -0.3 is 25.4 Å². The molecule has 1 aromatic rings. The first-order chi connectivity index (χ1) is 14.0. The van der Waals surface area contributed by atoms with Crippen LogP contribution in [0.3, 0.4) is 0 Å². The molecule has 0 heterocycles. The van der Waals surface area contributed by atoms with E-state index in [1.54, 1.807) is 14.2 Å². The van der Waals surface area contributed by atoms with E-state index in [9.17, 15) is 4.79 Å². The zero-order chi connectivity index (χ0) is 21.1. The van der Waals surface area contributed by atoms with Crippen molar-refractivity contribution >= 4 is 11.9 Å². The lowest BCUT2D eigenvalue weighted by Crippen LogP contribution is -2.47. The number of nitrogens with one attached hydrogen (secondary N) is 3. The van der Waals surface area contributed by atoms with Gasteiger partial charge in [0, 0.05) is 37.7 Å². The molecule has 0 spiro atoms. The number of methoxy groups -OCH3 is 1. The number of nitrogens with zero attached hydrogens (tertiary/aromatic N) is 1. The summed E-state index contributed by atoms with van der Waals surface area (Å²) in [6, 6.07) is 8.06. The summed E-state index contributed by atoms with van der Waals surface area (Å²) in [5.41, 5.74) is 0. The highest BCUT2D eigenvalue weighted by Gasteiger charge is 2.27. The molecule has 7 nitrogen and oxygen atoms in total. The van der Waals surface area contributed by atoms with E-state index in [1.165, 1.54) is 0 Å². The van der Waals surface area contributed by atoms with Crippen molar-refractivity contribution in [3.05, 3.63) is 24.3 Å². The monoisotopic (exact) mass is 404 g/mol. The minimum absolute atomic E-state index is 0.0815. The summed E-state index contributed by atoms with van der Waals surface area (Å²) >= 11 is 0. The van der Waals surface area contributed by atoms with Gasteiger partial charge in [0.15, 0.2) is 5.96 Å². The van der Waals surface area contributed by atoms with Crippen molar-refractivity contribution in [3.8, 4) is 11.5 Å². The molecular weight excluding hydrogens is 368 g/mol. The molecule has 0 aromatic heterocycles. The van der Waals surface area contributed by atoms with Gasteiger partial charge in [-0.25, -0.2) is 0 Å². The first kappa shape index (κ1) is 22.8. The van der Waals surface area contributed by atoms with Crippen LogP contribution in [0.15, 0.2) is 29.3 Å². The molecule has 7 heteroatoms. The molecule has 1 saturated carbocycles. The van der Waals surface area contributed by atoms with Crippen LogP contribution in [0.5, 0.6) is 11.5 Å². The van der Waals surface area contributed by atoms with Crippen LogP contribution in [0.4, 0.5) is 0 Å². The van der Waals surface area contributed by atoms with E-state index in [4.69, 9.17) is 9.47 Å². The lowest BCUT2D eigenvalue weighted by Gasteiger charge is -2.30. The molecule has 3 N–H and O–H groups in total. The van der Waals surface area contributed by atoms with E-state index < -0.39 is 0 Å². The molecule has 2 unspecified atom stereocenters. The smallest absolute Gasteiger partial charge is 0.223 e. The van der Waals surface area contributed by atoms with Crippen LogP contribution in [0.25, 0.3) is 0 Å². The van der Waals surface area contributed by atoms with Crippen molar-refractivity contribution in [2.24, 2.45) is 10.9 Å². The summed E-state index contributed by atoms with van der Waals surface area (Å²) in [5.74, 6) is 2.63. The van der Waals surface area contributed by atoms with E-state index >= 15 is 0 Å². The zero-order valence-corrected chi connectivity index (χ0v) is 18.2. The zero-order valence-electron chi connectivity index (χ0n) is 18.2. The Morgan fingerprint density at radius 1 is 1.28 bits per heavy atom. The number of benzene rings is 1. The fraction of sp³-hybridized carbons (Fsp3) is 0.636. The maximum atomic E-state index is 12.3. The number of aliphatic imine (C=N–C) groups is 1. The fourth-order valence-electron chi connectivity index (χ4n) is 3.51. The van der Waals surface area contributed by atoms with Gasteiger partial charge in [0.1, 0.15) is 11.5 Å². The van der Waals surface area contributed by atoms with Crippen molar-refractivity contribution in [3.63, 3.8) is 0 Å². The first-order valence-corrected chi connectivity index (χ1v) is 10.6. The van der Waals surface area contributed by atoms with Gasteiger partial charge in [-0.3, -0.25) is 9.79 Å². The number of carbonyl (C=O) groups excluding carboxylic acids is 1. The minimum atomic E-state index is 0.0815. The second-order valence-electron chi connectivity index (χ2n) is 7.75. The van der Waals surface area contributed by atoms with Gasteiger partial charge >= 0.3 is 0 Å². The largest absolute Gasteiger partial charge is 0.497 e. The lowest BCUT2D eigenvalue weighted by molar-refractivity contribution is -0.126. The molecular formula is C22H36N4O3. The number of rotatable bonds is 9. The molecule has 1 fully saturated rings. The molecule has 0 radical (unpaired) electrons. The highest BCUT2D eigenvalue weighted by atomic mass is 16.5. The molecule has 0 aliphatic heterocycles. The van der Waals surface area contributed by atoms with Gasteiger partial charge in [0.2, 0.25) is 5.91 Å². The molecule has 0 bridgehead atoms. The van der Waals surface area contributed by atoms with Crippen molar-refractivity contribution in [2.45, 2.75) is 58.0 Å². The third-order valence-corrected chi connectivity index (χ3v) is 4.96. The van der Waals surface area contributed by atoms with Crippen molar-refractivity contribution < 1.29 is 14.3 Å². The Kier molecular flexibility index (Phi) is 9.60. The lowest BCUT2D eigenvalue weighted by atomic mass is 9.85. The van der Waals surface area contributed by atoms with Crippen molar-refractivity contribution in [1.82, 2.24) is 16.0 Å². The van der Waals surface area contributed by atoms with E-state index in [0.29, 0.717) is 6.61 Å². The van der Waals surface area contributed by atoms with E-state index in [-0.39, 0.29) is 23.9 Å². The summed E-state index contributed by atoms with van der Waals surface area (Å²) in [6.45, 7) is 5.37. The van der Waals surface area contributed by atoms with Gasteiger partial charge in [-0.1, -0.05) is 12.5 Å². The van der Waals surface area contributed by atoms with Crippen LogP contribution < -0.4 is 25.4 Å². The van der Waals surface area contributed by atoms with Gasteiger partial charge in [0.25, 0.3) is 0 Å². The van der Waals surface area contributed by atoms with Crippen molar-refractivity contribution in [1.29, 1.82) is 0 Å². The summed E-state index contributed by atoms with van der Waals surface area (Å²) in [6.07, 6.45) is 4.77. The number of guanidine groups is 1. The summed E-state index contributed by atoms with van der Waals surface area (Å²) in [4.78, 5) is 16.6. The van der Waals surface area contributed by atoms with Gasteiger partial charge in [-0.15, -0.1) is 0 Å². The molecule has 2 rings (SSSR count). The Morgan fingerprint density at radius 2 is 2.07 bits per heavy atom. The summed E-state index contributed by atoms with van der Waals surface area (Å²) < 4.78 is 11.0.